The molecule has 2 amide bonds. The second-order valence-electron chi connectivity index (χ2n) is 14.5. The molecule has 5 heterocycles. The third-order valence-corrected chi connectivity index (χ3v) is 11.7. The van der Waals surface area contributed by atoms with Gasteiger partial charge in [0.1, 0.15) is 0 Å². The maximum atomic E-state index is 14.2. The number of nitrogens with one attached hydrogen (secondary N) is 1. The van der Waals surface area contributed by atoms with Crippen molar-refractivity contribution in [2.75, 3.05) is 65.1 Å². The third-order valence-electron chi connectivity index (χ3n) is 11.4. The number of rotatable bonds is 8. The number of aryl methyl sites for hydroxylation is 1. The topological polar surface area (TPSA) is 124 Å². The molecular formula is C38H49ClN8O3. The van der Waals surface area contributed by atoms with Gasteiger partial charge in [-0.05, 0) is 68.8 Å². The van der Waals surface area contributed by atoms with Gasteiger partial charge in [0.2, 0.25) is 11.8 Å². The number of nitrogens with two attached hydrogens (primary N) is 1. The molecule has 4 aromatic rings. The van der Waals surface area contributed by atoms with Crippen molar-refractivity contribution in [3.8, 4) is 0 Å². The molecule has 266 valence electrons. The molecule has 3 N–H and O–H groups in total. The second kappa shape index (κ2) is 14.7. The van der Waals surface area contributed by atoms with Crippen LogP contribution in [0.15, 0.2) is 47.4 Å². The van der Waals surface area contributed by atoms with Crippen molar-refractivity contribution in [2.24, 2.45) is 5.92 Å². The van der Waals surface area contributed by atoms with Crippen LogP contribution in [0, 0.1) is 5.92 Å². The summed E-state index contributed by atoms with van der Waals surface area (Å²) >= 11 is 6.53. The number of piperidine rings is 2. The van der Waals surface area contributed by atoms with Gasteiger partial charge in [0.15, 0.2) is 0 Å². The number of halogens is 1. The highest BCUT2D eigenvalue weighted by molar-refractivity contribution is 6.33. The molecule has 0 unspecified atom stereocenters. The number of H-pyrrole nitrogens is 1. The number of nitrogens with zero attached hydrogens (tertiary/aromatic N) is 6. The van der Waals surface area contributed by atoms with Gasteiger partial charge in [0.05, 0.1) is 39.4 Å². The molecule has 3 saturated heterocycles. The zero-order valence-electron chi connectivity index (χ0n) is 29.2. The number of amides is 2. The van der Waals surface area contributed by atoms with Gasteiger partial charge < -0.3 is 25.4 Å². The van der Waals surface area contributed by atoms with Crippen LogP contribution in [0.3, 0.4) is 0 Å². The molecule has 3 fully saturated rings. The van der Waals surface area contributed by atoms with Crippen LogP contribution in [0.5, 0.6) is 0 Å². The van der Waals surface area contributed by atoms with Crippen LogP contribution in [-0.2, 0) is 22.4 Å². The number of anilines is 1. The Hall–Kier alpha value is -3.93. The van der Waals surface area contributed by atoms with Gasteiger partial charge in [-0.25, -0.2) is 4.79 Å². The maximum Gasteiger partial charge on any atom is 0.326 e. The minimum atomic E-state index is -0.500. The smallest absolute Gasteiger partial charge is 0.326 e. The minimum absolute atomic E-state index is 0.0229. The summed E-state index contributed by atoms with van der Waals surface area (Å²) in [5, 5.41) is 1.41. The maximum absolute atomic E-state index is 14.2. The number of hydrogen-bond donors (Lipinski definition) is 2. The number of aromatic amines is 1. The summed E-state index contributed by atoms with van der Waals surface area (Å²) in [5.74, 6) is -0.480. The molecule has 3 aliphatic heterocycles. The average Bonchev–Trinajstić information content (AvgIpc) is 3.49. The molecule has 0 aliphatic carbocycles. The zero-order valence-corrected chi connectivity index (χ0v) is 30.0. The molecule has 2 aromatic carbocycles. The number of nitrogen functional groups attached to an aromatic ring is 1. The number of aromatic nitrogens is 3. The summed E-state index contributed by atoms with van der Waals surface area (Å²) in [6.07, 6.45) is 6.27. The minimum Gasteiger partial charge on any atom is -0.397 e. The van der Waals surface area contributed by atoms with Crippen molar-refractivity contribution in [1.82, 2.24) is 34.1 Å². The highest BCUT2D eigenvalue weighted by Crippen LogP contribution is 2.31. The predicted octanol–water partition coefficient (Wildman–Crippen LogP) is 4.33. The number of carbonyl (C=O) groups excluding carboxylic acids is 2. The van der Waals surface area contributed by atoms with Crippen LogP contribution >= 0.6 is 11.6 Å². The molecule has 7 rings (SSSR count). The highest BCUT2D eigenvalue weighted by Gasteiger charge is 2.34. The first kappa shape index (κ1) is 34.5. The van der Waals surface area contributed by atoms with E-state index in [9.17, 15) is 14.4 Å². The van der Waals surface area contributed by atoms with Gasteiger partial charge in [-0.2, -0.15) is 0 Å². The third kappa shape index (κ3) is 7.00. The summed E-state index contributed by atoms with van der Waals surface area (Å²) in [5.41, 5.74) is 11.0. The first-order chi connectivity index (χ1) is 24.2. The van der Waals surface area contributed by atoms with E-state index in [1.165, 1.54) is 0 Å². The number of carbonyl (C=O) groups is 2. The van der Waals surface area contributed by atoms with Gasteiger partial charge in [-0.3, -0.25) is 24.0 Å². The van der Waals surface area contributed by atoms with E-state index in [-0.39, 0.29) is 30.0 Å². The second-order valence-corrected chi connectivity index (χ2v) is 14.9. The first-order valence-corrected chi connectivity index (χ1v) is 18.6. The monoisotopic (exact) mass is 700 g/mol. The molecule has 3 aliphatic rings. The van der Waals surface area contributed by atoms with Crippen LogP contribution in [0.1, 0.15) is 56.2 Å². The van der Waals surface area contributed by atoms with Crippen molar-refractivity contribution in [1.29, 1.82) is 0 Å². The molecule has 11 nitrogen and oxygen atoms in total. The Morgan fingerprint density at radius 1 is 0.960 bits per heavy atom. The lowest BCUT2D eigenvalue weighted by molar-refractivity contribution is -0.143. The number of para-hydroxylation sites is 1. The van der Waals surface area contributed by atoms with E-state index in [0.717, 1.165) is 78.5 Å². The van der Waals surface area contributed by atoms with E-state index in [1.54, 1.807) is 6.20 Å². The van der Waals surface area contributed by atoms with Crippen molar-refractivity contribution >= 4 is 51.0 Å². The first-order valence-electron chi connectivity index (χ1n) is 18.2. The lowest BCUT2D eigenvalue weighted by Gasteiger charge is -2.42. The van der Waals surface area contributed by atoms with E-state index in [4.69, 9.17) is 17.3 Å². The molecule has 0 saturated carbocycles. The van der Waals surface area contributed by atoms with Gasteiger partial charge in [0.25, 0.3) is 0 Å². The quantitative estimate of drug-likeness (QED) is 0.263. The number of likely N-dealkylation sites (tertiary alicyclic amines) is 2. The molecule has 0 radical (unpaired) electrons. The fraction of sp³-hybridized carbons (Fsp3) is 0.526. The van der Waals surface area contributed by atoms with Gasteiger partial charge in [-0.1, -0.05) is 42.8 Å². The Bertz CT molecular complexity index is 1920. The van der Waals surface area contributed by atoms with Crippen LogP contribution in [0.25, 0.3) is 21.9 Å². The van der Waals surface area contributed by atoms with Crippen LogP contribution in [-0.4, -0.2) is 111 Å². The number of fused-ring (bicyclic) bond motifs is 3. The number of piperazine rings is 1. The van der Waals surface area contributed by atoms with Crippen LogP contribution in [0.2, 0.25) is 5.02 Å². The van der Waals surface area contributed by atoms with Crippen molar-refractivity contribution in [2.45, 2.75) is 64.0 Å². The van der Waals surface area contributed by atoms with E-state index in [1.807, 2.05) is 57.7 Å². The summed E-state index contributed by atoms with van der Waals surface area (Å²) in [7, 11) is 2.17. The SMILES string of the molecule is CCc1cc(C[C@@H](CC(=O)N2CCC(n3c(=O)[nH]c4c5ccccc5ncc43)CC2)C(=O)N2CCC(N3CCN(C)CC3)CC2)cc(Cl)c1N. The molecule has 50 heavy (non-hydrogen) atoms. The Morgan fingerprint density at radius 2 is 1.64 bits per heavy atom. The zero-order chi connectivity index (χ0) is 34.9. The molecule has 1 atom stereocenters. The number of imidazole rings is 1. The van der Waals surface area contributed by atoms with Crippen molar-refractivity contribution < 1.29 is 9.59 Å². The number of hydrogen-bond acceptors (Lipinski definition) is 7. The summed E-state index contributed by atoms with van der Waals surface area (Å²) < 4.78 is 1.81. The highest BCUT2D eigenvalue weighted by atomic mass is 35.5. The Morgan fingerprint density at radius 3 is 2.36 bits per heavy atom. The van der Waals surface area contributed by atoms with Gasteiger partial charge >= 0.3 is 5.69 Å². The summed E-state index contributed by atoms with van der Waals surface area (Å²) in [6, 6.07) is 12.1. The van der Waals surface area contributed by atoms with Crippen LogP contribution < -0.4 is 11.4 Å². The van der Waals surface area contributed by atoms with Gasteiger partial charge in [0, 0.05) is 76.2 Å². The molecule has 12 heteroatoms. The van der Waals surface area contributed by atoms with Crippen LogP contribution in [0.4, 0.5) is 5.69 Å². The summed E-state index contributed by atoms with van der Waals surface area (Å²) in [4.78, 5) is 57.8. The van der Waals surface area contributed by atoms with Crippen molar-refractivity contribution in [3.63, 3.8) is 0 Å². The van der Waals surface area contributed by atoms with E-state index in [2.05, 4.69) is 26.8 Å². The number of benzene rings is 2. The Kier molecular flexibility index (Phi) is 10.2. The average molecular weight is 701 g/mol. The number of likely N-dealkylation sites (N-methyl/N-ethyl adjacent to an activating group) is 1. The predicted molar refractivity (Wildman–Crippen MR) is 198 cm³/mol. The fourth-order valence-corrected chi connectivity index (χ4v) is 8.63. The standard InChI is InChI=1S/C38H49ClN8O3/c1-3-26-20-25(22-31(39)35(26)40)21-27(37(49)46-14-8-28(9-15-46)44-18-16-43(2)17-19-44)23-34(48)45-12-10-29(11-13-45)47-33-24-41-32-7-5-4-6-30(32)36(33)42-38(47)50/h4-7,20,22,24,27-29H,3,8-19,21,23,40H2,1-2H3,(H,42,50)/t27-/m0/s1. The molecule has 0 bridgehead atoms. The van der Waals surface area contributed by atoms with Crippen molar-refractivity contribution in [3.05, 3.63) is 69.2 Å². The van der Waals surface area contributed by atoms with E-state index < -0.39 is 5.92 Å². The lowest BCUT2D eigenvalue weighted by Crippen LogP contribution is -2.53. The Balaban J connectivity index is 1.04. The fourth-order valence-electron chi connectivity index (χ4n) is 8.37. The Labute approximate surface area is 298 Å². The van der Waals surface area contributed by atoms with Gasteiger partial charge in [-0.15, -0.1) is 0 Å². The van der Waals surface area contributed by atoms with E-state index >= 15 is 0 Å². The summed E-state index contributed by atoms with van der Waals surface area (Å²) in [6.45, 7) is 8.80. The van der Waals surface area contributed by atoms with E-state index in [0.29, 0.717) is 62.2 Å². The number of pyridine rings is 1. The lowest BCUT2D eigenvalue weighted by atomic mass is 9.91. The normalized spacial score (nSPS) is 19.4. The molecule has 0 spiro atoms. The largest absolute Gasteiger partial charge is 0.397 e. The molecular weight excluding hydrogens is 652 g/mol. The molecule has 2 aromatic heterocycles.